The zero-order chi connectivity index (χ0) is 33.5. The van der Waals surface area contributed by atoms with Gasteiger partial charge < -0.3 is 4.57 Å². The minimum Gasteiger partial charge on any atom is -0.309 e. The molecule has 4 aromatic heterocycles. The van der Waals surface area contributed by atoms with Crippen LogP contribution in [-0.4, -0.2) is 19.5 Å². The highest BCUT2D eigenvalue weighted by Gasteiger charge is 2.20. The van der Waals surface area contributed by atoms with Gasteiger partial charge in [0.05, 0.1) is 16.7 Å². The van der Waals surface area contributed by atoms with Crippen molar-refractivity contribution in [2.24, 2.45) is 0 Å². The maximum Gasteiger partial charge on any atom is 0.166 e. The third-order valence-corrected chi connectivity index (χ3v) is 12.2. The Morgan fingerprint density at radius 3 is 1.57 bits per heavy atom. The molecule has 6 heteroatoms. The van der Waals surface area contributed by atoms with Crippen LogP contribution in [0.2, 0.25) is 0 Å². The van der Waals surface area contributed by atoms with E-state index in [1.807, 2.05) is 11.3 Å². The Balaban J connectivity index is 1.17. The van der Waals surface area contributed by atoms with Gasteiger partial charge in [-0.25, -0.2) is 15.0 Å². The van der Waals surface area contributed by atoms with Crippen LogP contribution in [0.25, 0.3) is 102 Å². The summed E-state index contributed by atoms with van der Waals surface area (Å²) in [6.07, 6.45) is 0. The molecule has 11 rings (SSSR count). The van der Waals surface area contributed by atoms with Crippen molar-refractivity contribution in [3.05, 3.63) is 158 Å². The number of fused-ring (bicyclic) bond motifs is 9. The van der Waals surface area contributed by atoms with E-state index in [2.05, 4.69) is 162 Å². The topological polar surface area (TPSA) is 43.6 Å². The van der Waals surface area contributed by atoms with E-state index >= 15 is 0 Å². The first kappa shape index (κ1) is 28.6. The van der Waals surface area contributed by atoms with Gasteiger partial charge in [0.2, 0.25) is 0 Å². The number of nitrogens with zero attached hydrogens (tertiary/aromatic N) is 4. The van der Waals surface area contributed by atoms with Crippen molar-refractivity contribution in [3.63, 3.8) is 0 Å². The molecule has 0 spiro atoms. The van der Waals surface area contributed by atoms with E-state index in [4.69, 9.17) is 15.0 Å². The van der Waals surface area contributed by atoms with Crippen molar-refractivity contribution in [1.82, 2.24) is 19.5 Å². The molecule has 51 heavy (non-hydrogen) atoms. The van der Waals surface area contributed by atoms with Gasteiger partial charge in [0.15, 0.2) is 17.5 Å². The summed E-state index contributed by atoms with van der Waals surface area (Å²) in [6.45, 7) is 0. The molecule has 7 aromatic carbocycles. The van der Waals surface area contributed by atoms with Gasteiger partial charge in [0.1, 0.15) is 0 Å². The summed E-state index contributed by atoms with van der Waals surface area (Å²) >= 11 is 3.62. The van der Waals surface area contributed by atoms with Crippen molar-refractivity contribution in [1.29, 1.82) is 0 Å². The van der Waals surface area contributed by atoms with Crippen LogP contribution in [0.1, 0.15) is 0 Å². The molecular weight excluding hydrogens is 661 g/mol. The highest BCUT2D eigenvalue weighted by atomic mass is 32.1. The highest BCUT2D eigenvalue weighted by Crippen LogP contribution is 2.40. The van der Waals surface area contributed by atoms with Gasteiger partial charge >= 0.3 is 0 Å². The summed E-state index contributed by atoms with van der Waals surface area (Å²) in [5, 5.41) is 7.42. The van der Waals surface area contributed by atoms with Crippen LogP contribution in [0.5, 0.6) is 0 Å². The predicted molar refractivity (Wildman–Crippen MR) is 216 cm³/mol. The quantitative estimate of drug-likeness (QED) is 0.185. The highest BCUT2D eigenvalue weighted by molar-refractivity contribution is 7.26. The van der Waals surface area contributed by atoms with Gasteiger partial charge in [-0.2, -0.15) is 0 Å². The molecule has 0 amide bonds. The van der Waals surface area contributed by atoms with Crippen molar-refractivity contribution < 1.29 is 0 Å². The minimum absolute atomic E-state index is 0.638. The number of aromatic nitrogens is 4. The lowest BCUT2D eigenvalue weighted by atomic mass is 10.1. The molecule has 0 unspecified atom stereocenters. The Labute approximate surface area is 300 Å². The number of hydrogen-bond donors (Lipinski definition) is 0. The molecule has 4 nitrogen and oxygen atoms in total. The van der Waals surface area contributed by atoms with E-state index in [1.54, 1.807) is 11.3 Å². The fourth-order valence-electron chi connectivity index (χ4n) is 7.52. The first-order valence-electron chi connectivity index (χ1n) is 16.9. The molecule has 0 fully saturated rings. The second kappa shape index (κ2) is 11.2. The predicted octanol–water partition coefficient (Wildman–Crippen LogP) is 12.7. The van der Waals surface area contributed by atoms with E-state index in [0.717, 1.165) is 33.4 Å². The molecule has 0 aliphatic carbocycles. The van der Waals surface area contributed by atoms with Crippen LogP contribution in [0.3, 0.4) is 0 Å². The van der Waals surface area contributed by atoms with Gasteiger partial charge in [-0.15, -0.1) is 22.7 Å². The first-order chi connectivity index (χ1) is 25.3. The fraction of sp³-hybridized carbons (Fsp3) is 0. The van der Waals surface area contributed by atoms with Crippen LogP contribution in [0, 0.1) is 0 Å². The van der Waals surface area contributed by atoms with Crippen LogP contribution in [0.15, 0.2) is 158 Å². The molecule has 11 aromatic rings. The standard InChI is InChI=1S/C45H26N4S2/c1-6-16-36-29(11-1)30-12-2-7-17-37(30)49(36)38-18-8-3-15-34(38)45-47-43(27-22-24-41-35(25-27)32-14-5-10-20-40(32)50-41)46-44(48-45)28-21-23-33-31-13-4-9-19-39(31)51-42(33)26-28/h1-26H. The average molecular weight is 687 g/mol. The summed E-state index contributed by atoms with van der Waals surface area (Å²) in [5.74, 6) is 1.95. The van der Waals surface area contributed by atoms with E-state index in [1.165, 1.54) is 51.1 Å². The van der Waals surface area contributed by atoms with Crippen LogP contribution in [-0.2, 0) is 0 Å². The second-order valence-electron chi connectivity index (χ2n) is 12.8. The Morgan fingerprint density at radius 1 is 0.353 bits per heavy atom. The normalized spacial score (nSPS) is 11.9. The zero-order valence-corrected chi connectivity index (χ0v) is 28.7. The molecule has 4 heterocycles. The molecule has 0 N–H and O–H groups in total. The van der Waals surface area contributed by atoms with Crippen molar-refractivity contribution in [2.75, 3.05) is 0 Å². The summed E-state index contributed by atoms with van der Waals surface area (Å²) in [7, 11) is 0. The minimum atomic E-state index is 0.638. The second-order valence-corrected chi connectivity index (χ2v) is 15.0. The third-order valence-electron chi connectivity index (χ3n) is 9.87. The van der Waals surface area contributed by atoms with Gasteiger partial charge in [0, 0.05) is 67.8 Å². The van der Waals surface area contributed by atoms with E-state index in [-0.39, 0.29) is 0 Å². The van der Waals surface area contributed by atoms with E-state index < -0.39 is 0 Å². The maximum absolute atomic E-state index is 5.27. The monoisotopic (exact) mass is 686 g/mol. The van der Waals surface area contributed by atoms with Crippen molar-refractivity contribution >= 4 is 84.8 Å². The zero-order valence-electron chi connectivity index (χ0n) is 27.1. The van der Waals surface area contributed by atoms with Crippen LogP contribution < -0.4 is 0 Å². The summed E-state index contributed by atoms with van der Waals surface area (Å²) in [5.41, 5.74) is 6.19. The van der Waals surface area contributed by atoms with Crippen molar-refractivity contribution in [2.45, 2.75) is 0 Å². The number of para-hydroxylation sites is 3. The average Bonchev–Trinajstić information content (AvgIpc) is 3.86. The lowest BCUT2D eigenvalue weighted by Gasteiger charge is -2.14. The molecule has 0 atom stereocenters. The number of rotatable bonds is 4. The van der Waals surface area contributed by atoms with Crippen LogP contribution in [0.4, 0.5) is 0 Å². The van der Waals surface area contributed by atoms with E-state index in [0.29, 0.717) is 17.5 Å². The third kappa shape index (κ3) is 4.47. The first-order valence-corrected chi connectivity index (χ1v) is 18.6. The largest absolute Gasteiger partial charge is 0.309 e. The van der Waals surface area contributed by atoms with Gasteiger partial charge in [-0.3, -0.25) is 0 Å². The van der Waals surface area contributed by atoms with Crippen LogP contribution >= 0.6 is 22.7 Å². The summed E-state index contributed by atoms with van der Waals surface area (Å²) < 4.78 is 7.36. The number of thiophene rings is 2. The van der Waals surface area contributed by atoms with Gasteiger partial charge in [0.25, 0.3) is 0 Å². The van der Waals surface area contributed by atoms with Gasteiger partial charge in [-0.05, 0) is 60.7 Å². The lowest BCUT2D eigenvalue weighted by Crippen LogP contribution is -2.03. The molecule has 0 bridgehead atoms. The summed E-state index contributed by atoms with van der Waals surface area (Å²) in [4.78, 5) is 15.7. The van der Waals surface area contributed by atoms with Gasteiger partial charge in [-0.1, -0.05) is 97.1 Å². The fourth-order valence-corrected chi connectivity index (χ4v) is 9.76. The number of hydrogen-bond acceptors (Lipinski definition) is 5. The molecule has 0 aliphatic rings. The molecule has 238 valence electrons. The molecular formula is C45H26N4S2. The Bertz CT molecular complexity index is 3110. The molecule has 0 radical (unpaired) electrons. The van der Waals surface area contributed by atoms with E-state index in [9.17, 15) is 0 Å². The maximum atomic E-state index is 5.27. The SMILES string of the molecule is c1ccc(-n2c3ccccc3c3ccccc32)c(-c2nc(-c3ccc4c(c3)sc3ccccc34)nc(-c3ccc4sc5ccccc5c4c3)n2)c1. The number of benzene rings is 7. The molecule has 0 saturated carbocycles. The Kier molecular flexibility index (Phi) is 6.26. The molecule has 0 aliphatic heterocycles. The molecule has 0 saturated heterocycles. The Hall–Kier alpha value is -6.21. The Morgan fingerprint density at radius 2 is 0.843 bits per heavy atom. The lowest BCUT2D eigenvalue weighted by molar-refractivity contribution is 1.07. The summed E-state index contributed by atoms with van der Waals surface area (Å²) in [6, 6.07) is 56.1. The smallest absolute Gasteiger partial charge is 0.166 e. The van der Waals surface area contributed by atoms with Crippen molar-refractivity contribution in [3.8, 4) is 39.9 Å².